The maximum absolute atomic E-state index is 12.2. The predicted molar refractivity (Wildman–Crippen MR) is 138 cm³/mol. The van der Waals surface area contributed by atoms with Crippen LogP contribution in [0.2, 0.25) is 0 Å². The average Bonchev–Trinajstić information content (AvgIpc) is 2.87. The number of nitrogens with one attached hydrogen (secondary N) is 1. The molecule has 6 heteroatoms. The van der Waals surface area contributed by atoms with E-state index in [0.29, 0.717) is 18.7 Å². The van der Waals surface area contributed by atoms with Crippen LogP contribution in [-0.4, -0.2) is 53.3 Å². The molecule has 1 aromatic carbocycles. The molecule has 0 bridgehead atoms. The molecule has 0 radical (unpaired) electrons. The van der Waals surface area contributed by atoms with Gasteiger partial charge >= 0.3 is 5.97 Å². The molecule has 0 unspecified atom stereocenters. The van der Waals surface area contributed by atoms with E-state index in [1.54, 1.807) is 24.3 Å². The van der Waals surface area contributed by atoms with Gasteiger partial charge in [0, 0.05) is 6.54 Å². The van der Waals surface area contributed by atoms with Gasteiger partial charge in [0.2, 0.25) is 0 Å². The van der Waals surface area contributed by atoms with E-state index in [2.05, 4.69) is 12.2 Å². The molecule has 0 heterocycles. The minimum Gasteiger partial charge on any atom is -0.462 e. The lowest BCUT2D eigenvalue weighted by Gasteiger charge is -2.28. The summed E-state index contributed by atoms with van der Waals surface area (Å²) in [5.41, 5.74) is 0.264. The Morgan fingerprint density at radius 1 is 0.735 bits per heavy atom. The third-order valence-electron chi connectivity index (χ3n) is 6.50. The Morgan fingerprint density at radius 3 is 1.62 bits per heavy atom. The van der Waals surface area contributed by atoms with Crippen molar-refractivity contribution < 1.29 is 24.9 Å². The van der Waals surface area contributed by atoms with Gasteiger partial charge in [0.05, 0.1) is 37.5 Å². The highest BCUT2D eigenvalue weighted by Gasteiger charge is 2.27. The van der Waals surface area contributed by atoms with Crippen LogP contribution in [0, 0.1) is 0 Å². The van der Waals surface area contributed by atoms with Gasteiger partial charge < -0.3 is 25.4 Å². The van der Waals surface area contributed by atoms with E-state index in [4.69, 9.17) is 4.74 Å². The molecule has 0 aromatic heterocycles. The molecule has 0 saturated carbocycles. The van der Waals surface area contributed by atoms with Crippen molar-refractivity contribution >= 4 is 5.97 Å². The predicted octanol–water partition coefficient (Wildman–Crippen LogP) is 5.13. The fourth-order valence-corrected chi connectivity index (χ4v) is 3.91. The normalized spacial score (nSPS) is 11.6. The molecule has 1 aromatic rings. The Hall–Kier alpha value is -1.47. The summed E-state index contributed by atoms with van der Waals surface area (Å²) in [6.45, 7) is 1.96. The molecule has 196 valence electrons. The van der Waals surface area contributed by atoms with Crippen LogP contribution in [0.25, 0.3) is 0 Å². The van der Waals surface area contributed by atoms with Gasteiger partial charge in [-0.25, -0.2) is 4.79 Å². The molecule has 0 aliphatic heterocycles. The molecule has 0 atom stereocenters. The number of rotatable bonds is 22. The van der Waals surface area contributed by atoms with Crippen molar-refractivity contribution in [3.05, 3.63) is 35.4 Å². The Morgan fingerprint density at radius 2 is 1.18 bits per heavy atom. The topological polar surface area (TPSA) is 99.0 Å². The summed E-state index contributed by atoms with van der Waals surface area (Å²) in [6.07, 6.45) is 18.2. The van der Waals surface area contributed by atoms with Crippen LogP contribution in [0.4, 0.5) is 0 Å². The number of carbonyl (C=O) groups excluding carboxylic acids is 1. The third kappa shape index (κ3) is 13.4. The average molecular weight is 480 g/mol. The maximum Gasteiger partial charge on any atom is 0.338 e. The Kier molecular flexibility index (Phi) is 17.8. The van der Waals surface area contributed by atoms with E-state index in [1.807, 2.05) is 0 Å². The van der Waals surface area contributed by atoms with Gasteiger partial charge in [-0.3, -0.25) is 0 Å². The van der Waals surface area contributed by atoms with Crippen LogP contribution in [0.5, 0.6) is 0 Å². The highest BCUT2D eigenvalue weighted by atomic mass is 16.5. The first-order valence-electron chi connectivity index (χ1n) is 13.4. The fraction of sp³-hybridized carbons (Fsp3) is 0.750. The zero-order valence-corrected chi connectivity index (χ0v) is 21.4. The lowest BCUT2D eigenvalue weighted by molar-refractivity contribution is 0.0414. The molecule has 0 amide bonds. The maximum atomic E-state index is 12.2. The summed E-state index contributed by atoms with van der Waals surface area (Å²) in [5.74, 6) is -0.315. The van der Waals surface area contributed by atoms with Crippen LogP contribution in [-0.2, 0) is 11.3 Å². The van der Waals surface area contributed by atoms with Crippen molar-refractivity contribution in [1.82, 2.24) is 5.32 Å². The number of benzene rings is 1. The smallest absolute Gasteiger partial charge is 0.338 e. The summed E-state index contributed by atoms with van der Waals surface area (Å²) >= 11 is 0. The van der Waals surface area contributed by atoms with Crippen molar-refractivity contribution in [3.8, 4) is 0 Å². The molecule has 0 fully saturated rings. The zero-order valence-electron chi connectivity index (χ0n) is 21.4. The lowest BCUT2D eigenvalue weighted by atomic mass is 10.0. The van der Waals surface area contributed by atoms with Gasteiger partial charge in [-0.1, -0.05) is 103 Å². The molecule has 1 rings (SSSR count). The van der Waals surface area contributed by atoms with Gasteiger partial charge in [0.1, 0.15) is 0 Å². The largest absolute Gasteiger partial charge is 0.462 e. The third-order valence-corrected chi connectivity index (χ3v) is 6.50. The number of carbonyl (C=O) groups is 1. The number of unbranched alkanes of at least 4 members (excludes halogenated alkanes) is 13. The van der Waals surface area contributed by atoms with E-state index in [0.717, 1.165) is 18.4 Å². The molecule has 6 nitrogen and oxygen atoms in total. The number of aliphatic hydroxyl groups excluding tert-OH is 3. The number of hydrogen-bond donors (Lipinski definition) is 4. The van der Waals surface area contributed by atoms with E-state index in [9.17, 15) is 20.1 Å². The summed E-state index contributed by atoms with van der Waals surface area (Å²) in [4.78, 5) is 12.2. The monoisotopic (exact) mass is 479 g/mol. The van der Waals surface area contributed by atoms with Gasteiger partial charge in [0.15, 0.2) is 0 Å². The summed E-state index contributed by atoms with van der Waals surface area (Å²) in [5, 5.41) is 31.0. The Balaban J connectivity index is 2.05. The van der Waals surface area contributed by atoms with Crippen LogP contribution in [0.1, 0.15) is 113 Å². The molecule has 34 heavy (non-hydrogen) atoms. The molecule has 0 aliphatic rings. The minimum atomic E-state index is -1.12. The number of aliphatic hydroxyl groups is 3. The van der Waals surface area contributed by atoms with Crippen molar-refractivity contribution in [2.24, 2.45) is 0 Å². The minimum absolute atomic E-state index is 0.315. The van der Waals surface area contributed by atoms with Crippen LogP contribution < -0.4 is 5.32 Å². The van der Waals surface area contributed by atoms with Crippen LogP contribution in [0.15, 0.2) is 24.3 Å². The van der Waals surface area contributed by atoms with Crippen molar-refractivity contribution in [2.75, 3.05) is 26.4 Å². The molecular formula is C28H49NO5. The summed E-state index contributed by atoms with van der Waals surface area (Å²) in [6, 6.07) is 7.02. The quantitative estimate of drug-likeness (QED) is 0.136. The molecule has 0 aliphatic carbocycles. The van der Waals surface area contributed by atoms with E-state index >= 15 is 0 Å². The first-order valence-corrected chi connectivity index (χ1v) is 13.4. The van der Waals surface area contributed by atoms with Gasteiger partial charge in [-0.15, -0.1) is 0 Å². The van der Waals surface area contributed by atoms with E-state index < -0.39 is 5.54 Å². The number of ether oxygens (including phenoxy) is 1. The van der Waals surface area contributed by atoms with Gasteiger partial charge in [-0.2, -0.15) is 0 Å². The lowest BCUT2D eigenvalue weighted by Crippen LogP contribution is -2.54. The van der Waals surface area contributed by atoms with E-state index in [1.165, 1.54) is 77.0 Å². The summed E-state index contributed by atoms with van der Waals surface area (Å²) < 4.78 is 5.39. The van der Waals surface area contributed by atoms with Crippen LogP contribution in [0.3, 0.4) is 0 Å². The number of hydrogen-bond acceptors (Lipinski definition) is 6. The second kappa shape index (κ2) is 19.8. The Labute approximate surface area is 207 Å². The van der Waals surface area contributed by atoms with E-state index in [-0.39, 0.29) is 25.8 Å². The molecular weight excluding hydrogens is 430 g/mol. The second-order valence-corrected chi connectivity index (χ2v) is 9.54. The number of esters is 1. The first kappa shape index (κ1) is 30.6. The molecule has 4 N–H and O–H groups in total. The van der Waals surface area contributed by atoms with Crippen LogP contribution >= 0.6 is 0 Å². The van der Waals surface area contributed by atoms with Crippen molar-refractivity contribution in [1.29, 1.82) is 0 Å². The van der Waals surface area contributed by atoms with Crippen molar-refractivity contribution in [2.45, 2.75) is 109 Å². The molecule has 0 spiro atoms. The van der Waals surface area contributed by atoms with Gasteiger partial charge in [0.25, 0.3) is 0 Å². The SMILES string of the molecule is CCCCCCCCCCCCCCCCOC(=O)c1ccc(CNC(CO)(CO)CO)cc1. The summed E-state index contributed by atoms with van der Waals surface area (Å²) in [7, 11) is 0. The van der Waals surface area contributed by atoms with Gasteiger partial charge in [-0.05, 0) is 24.1 Å². The fourth-order valence-electron chi connectivity index (χ4n) is 3.91. The molecule has 0 saturated heterocycles. The second-order valence-electron chi connectivity index (χ2n) is 9.54. The highest BCUT2D eigenvalue weighted by Crippen LogP contribution is 2.13. The Bertz CT molecular complexity index is 607. The van der Waals surface area contributed by atoms with Crippen molar-refractivity contribution in [3.63, 3.8) is 0 Å². The zero-order chi connectivity index (χ0) is 24.9. The standard InChI is InChI=1S/C28H49NO5/c1-2-3-4-5-6-7-8-9-10-11-12-13-14-15-20-34-27(33)26-18-16-25(17-19-26)21-29-28(22-30,23-31)24-32/h16-19,29-32H,2-15,20-24H2,1H3. The first-order chi connectivity index (χ1) is 16.6. The highest BCUT2D eigenvalue weighted by molar-refractivity contribution is 5.89.